The molecular formula is C9H6F10O2. The first-order chi connectivity index (χ1) is 9.37. The van der Waals surface area contributed by atoms with Crippen LogP contribution in [0.25, 0.3) is 0 Å². The largest absolute Gasteiger partial charge is 0.469 e. The first-order valence-electron chi connectivity index (χ1n) is 4.88. The molecule has 0 saturated carbocycles. The third-order valence-electron chi connectivity index (χ3n) is 1.59. The highest BCUT2D eigenvalue weighted by Gasteiger charge is 2.40. The smallest absolute Gasteiger partial charge is 0.449 e. The van der Waals surface area contributed by atoms with Crippen LogP contribution in [0, 0.1) is 0 Å². The number of alkyl halides is 6. The van der Waals surface area contributed by atoms with Gasteiger partial charge in [-0.25, -0.2) is 0 Å². The number of rotatable bonds is 6. The van der Waals surface area contributed by atoms with Gasteiger partial charge in [0.15, 0.2) is 0 Å². The summed E-state index contributed by atoms with van der Waals surface area (Å²) >= 11 is 0. The highest BCUT2D eigenvalue weighted by atomic mass is 19.4. The zero-order chi connectivity index (χ0) is 16.8. The molecule has 0 N–H and O–H groups in total. The topological polar surface area (TPSA) is 18.5 Å². The van der Waals surface area contributed by atoms with Crippen LogP contribution in [0.15, 0.2) is 23.7 Å². The Hall–Kier alpha value is -1.62. The predicted octanol–water partition coefficient (Wildman–Crippen LogP) is 4.75. The van der Waals surface area contributed by atoms with Gasteiger partial charge in [-0.15, -0.1) is 0 Å². The molecule has 0 aromatic carbocycles. The molecular weight excluding hydrogens is 330 g/mol. The minimum absolute atomic E-state index is 0.642. The van der Waals surface area contributed by atoms with Gasteiger partial charge in [-0.2, -0.15) is 43.9 Å². The lowest BCUT2D eigenvalue weighted by atomic mass is 10.5. The highest BCUT2D eigenvalue weighted by Crippen LogP contribution is 2.31. The van der Waals surface area contributed by atoms with Gasteiger partial charge < -0.3 is 9.47 Å². The van der Waals surface area contributed by atoms with E-state index in [1.807, 2.05) is 0 Å². The summed E-state index contributed by atoms with van der Waals surface area (Å²) in [7, 11) is 0. The van der Waals surface area contributed by atoms with Crippen LogP contribution in [-0.4, -0.2) is 25.6 Å². The molecule has 0 aliphatic rings. The lowest BCUT2D eigenvalue weighted by Crippen LogP contribution is -2.12. The van der Waals surface area contributed by atoms with Crippen LogP contribution in [0.5, 0.6) is 0 Å². The van der Waals surface area contributed by atoms with Crippen LogP contribution in [0.1, 0.15) is 6.42 Å². The Morgan fingerprint density at radius 1 is 0.619 bits per heavy atom. The van der Waals surface area contributed by atoms with Gasteiger partial charge in [0.1, 0.15) is 0 Å². The van der Waals surface area contributed by atoms with Gasteiger partial charge in [-0.1, -0.05) is 0 Å². The third kappa shape index (κ3) is 7.09. The number of halogens is 10. The lowest BCUT2D eigenvalue weighted by Gasteiger charge is -2.08. The molecule has 0 atom stereocenters. The van der Waals surface area contributed by atoms with Gasteiger partial charge in [0.2, 0.25) is 0 Å². The molecule has 0 aromatic rings. The molecule has 0 spiro atoms. The maximum Gasteiger partial charge on any atom is 0.449 e. The maximum atomic E-state index is 12.4. The van der Waals surface area contributed by atoms with E-state index < -0.39 is 55.7 Å². The van der Waals surface area contributed by atoms with E-state index in [1.54, 1.807) is 0 Å². The Morgan fingerprint density at radius 3 is 1.14 bits per heavy atom. The first-order valence-corrected chi connectivity index (χ1v) is 4.88. The van der Waals surface area contributed by atoms with Crippen molar-refractivity contribution in [2.75, 3.05) is 13.2 Å². The summed E-state index contributed by atoms with van der Waals surface area (Å²) in [6.07, 6.45) is -11.9. The van der Waals surface area contributed by atoms with E-state index in [0.29, 0.717) is 0 Å². The summed E-state index contributed by atoms with van der Waals surface area (Å²) in [5, 5.41) is 0. The SMILES string of the molecule is FC(OCCCOC(F)=C(F)C(F)(F)F)=C(F)C(F)(F)F. The van der Waals surface area contributed by atoms with Gasteiger partial charge in [-0.05, 0) is 0 Å². The van der Waals surface area contributed by atoms with Crippen molar-refractivity contribution < 1.29 is 53.4 Å². The summed E-state index contributed by atoms with van der Waals surface area (Å²) in [6.45, 7) is -1.95. The van der Waals surface area contributed by atoms with Crippen LogP contribution in [-0.2, 0) is 9.47 Å². The number of ether oxygens (including phenoxy) is 2. The lowest BCUT2D eigenvalue weighted by molar-refractivity contribution is -0.116. The maximum absolute atomic E-state index is 12.4. The van der Waals surface area contributed by atoms with Crippen LogP contribution >= 0.6 is 0 Å². The fraction of sp³-hybridized carbons (Fsp3) is 0.556. The Morgan fingerprint density at radius 2 is 0.905 bits per heavy atom. The zero-order valence-electron chi connectivity index (χ0n) is 9.72. The molecule has 12 heteroatoms. The van der Waals surface area contributed by atoms with Gasteiger partial charge in [-0.3, -0.25) is 0 Å². The van der Waals surface area contributed by atoms with Crippen molar-refractivity contribution in [1.29, 1.82) is 0 Å². The molecule has 0 fully saturated rings. The van der Waals surface area contributed by atoms with E-state index in [-0.39, 0.29) is 0 Å². The molecule has 2 nitrogen and oxygen atoms in total. The Kier molecular flexibility index (Phi) is 6.83. The second-order valence-corrected chi connectivity index (χ2v) is 3.22. The summed E-state index contributed by atoms with van der Waals surface area (Å²) in [4.78, 5) is 0. The van der Waals surface area contributed by atoms with Gasteiger partial charge in [0, 0.05) is 6.42 Å². The second kappa shape index (κ2) is 7.41. The molecule has 0 rings (SSSR count). The van der Waals surface area contributed by atoms with Crippen molar-refractivity contribution >= 4 is 0 Å². The van der Waals surface area contributed by atoms with E-state index >= 15 is 0 Å². The van der Waals surface area contributed by atoms with E-state index in [0.717, 1.165) is 0 Å². The molecule has 0 radical (unpaired) electrons. The molecule has 0 aliphatic carbocycles. The molecule has 0 aliphatic heterocycles. The Bertz CT molecular complexity index is 368. The fourth-order valence-electron chi connectivity index (χ4n) is 0.732. The molecule has 0 aromatic heterocycles. The van der Waals surface area contributed by atoms with Crippen molar-refractivity contribution in [2.45, 2.75) is 18.8 Å². The molecule has 0 amide bonds. The van der Waals surface area contributed by atoms with E-state index in [4.69, 9.17) is 0 Å². The van der Waals surface area contributed by atoms with Crippen molar-refractivity contribution in [1.82, 2.24) is 0 Å². The standard InChI is InChI=1S/C9H6F10O2/c10-4(8(14,15)16)6(12)20-2-1-3-21-7(13)5(11)9(17,18)19/h1-3H2. The quantitative estimate of drug-likeness (QED) is 0.396. The minimum atomic E-state index is -5.61. The van der Waals surface area contributed by atoms with E-state index in [1.165, 1.54) is 0 Å². The van der Waals surface area contributed by atoms with Crippen molar-refractivity contribution in [2.24, 2.45) is 0 Å². The summed E-state index contributed by atoms with van der Waals surface area (Å²) in [5.41, 5.74) is 0. The minimum Gasteiger partial charge on any atom is -0.469 e. The average Bonchev–Trinajstić information content (AvgIpc) is 2.33. The Labute approximate surface area is 110 Å². The average molecular weight is 336 g/mol. The number of allylic oxidation sites excluding steroid dienone is 2. The van der Waals surface area contributed by atoms with Crippen LogP contribution in [0.4, 0.5) is 43.9 Å². The molecule has 124 valence electrons. The molecule has 0 heterocycles. The molecule has 0 unspecified atom stereocenters. The molecule has 0 bridgehead atoms. The van der Waals surface area contributed by atoms with E-state index in [2.05, 4.69) is 9.47 Å². The van der Waals surface area contributed by atoms with Crippen LogP contribution in [0.2, 0.25) is 0 Å². The fourth-order valence-corrected chi connectivity index (χ4v) is 0.732. The van der Waals surface area contributed by atoms with E-state index in [9.17, 15) is 43.9 Å². The first kappa shape index (κ1) is 19.4. The summed E-state index contributed by atoms with van der Waals surface area (Å²) in [5.74, 6) is -6.28. The third-order valence-corrected chi connectivity index (χ3v) is 1.59. The molecule has 0 saturated heterocycles. The number of hydrogen-bond donors (Lipinski definition) is 0. The summed E-state index contributed by atoms with van der Waals surface area (Å²) in [6, 6.07) is -5.19. The van der Waals surface area contributed by atoms with Gasteiger partial charge in [0.25, 0.3) is 11.7 Å². The van der Waals surface area contributed by atoms with Crippen molar-refractivity contribution in [3.05, 3.63) is 23.7 Å². The normalized spacial score (nSPS) is 15.3. The predicted molar refractivity (Wildman–Crippen MR) is 47.1 cm³/mol. The van der Waals surface area contributed by atoms with Crippen molar-refractivity contribution in [3.63, 3.8) is 0 Å². The van der Waals surface area contributed by atoms with Gasteiger partial charge in [0.05, 0.1) is 13.2 Å². The Balaban J connectivity index is 4.21. The van der Waals surface area contributed by atoms with Crippen LogP contribution < -0.4 is 0 Å². The van der Waals surface area contributed by atoms with Crippen molar-refractivity contribution in [3.8, 4) is 0 Å². The monoisotopic (exact) mass is 336 g/mol. The highest BCUT2D eigenvalue weighted by molar-refractivity contribution is 5.00. The zero-order valence-corrected chi connectivity index (χ0v) is 9.72. The number of hydrogen-bond acceptors (Lipinski definition) is 2. The molecule has 21 heavy (non-hydrogen) atoms. The van der Waals surface area contributed by atoms with Gasteiger partial charge >= 0.3 is 24.4 Å². The summed E-state index contributed by atoms with van der Waals surface area (Å²) < 4.78 is 126. The van der Waals surface area contributed by atoms with Crippen LogP contribution in [0.3, 0.4) is 0 Å². The second-order valence-electron chi connectivity index (χ2n) is 3.22.